The number of hydrogen-bond acceptors (Lipinski definition) is 6. The van der Waals surface area contributed by atoms with Crippen LogP contribution in [0.2, 0.25) is 0 Å². The molecule has 0 unspecified atom stereocenters. The van der Waals surface area contributed by atoms with Crippen LogP contribution >= 0.6 is 0 Å². The Balaban J connectivity index is 0.000000970. The first-order valence-electron chi connectivity index (χ1n) is 11.3. The molecule has 0 radical (unpaired) electrons. The van der Waals surface area contributed by atoms with Crippen molar-refractivity contribution in [2.24, 2.45) is 0 Å². The zero-order chi connectivity index (χ0) is 25.3. The molecule has 0 saturated heterocycles. The van der Waals surface area contributed by atoms with Crippen LogP contribution in [0.1, 0.15) is 63.7 Å². The van der Waals surface area contributed by atoms with Gasteiger partial charge < -0.3 is 9.73 Å². The molecule has 3 aromatic heterocycles. The first-order chi connectivity index (χ1) is 16.3. The Morgan fingerprint density at radius 1 is 1.03 bits per heavy atom. The van der Waals surface area contributed by atoms with Crippen LogP contribution in [-0.2, 0) is 16.4 Å². The van der Waals surface area contributed by atoms with Crippen molar-refractivity contribution >= 4 is 26.7 Å². The molecule has 4 rings (SSSR count). The molecule has 0 fully saturated rings. The second-order valence-electron chi connectivity index (χ2n) is 7.10. The van der Waals surface area contributed by atoms with E-state index in [1.54, 1.807) is 41.3 Å². The van der Waals surface area contributed by atoms with Crippen LogP contribution in [0.4, 0.5) is 0 Å². The zero-order valence-electron chi connectivity index (χ0n) is 20.4. The summed E-state index contributed by atoms with van der Waals surface area (Å²) in [6.07, 6.45) is 6.06. The largest absolute Gasteiger partial charge is 0.449 e. The molecule has 0 saturated carbocycles. The standard InChI is InChI=1S/C21H20N4O4S.2C2H6/c1-14(2)25-13-18(11-24-25)30(27,28)17-5-3-15(4-6-17)10-23-21(26)19-9-16-7-8-22-12-20(16)29-19;2*1-2/h3-9,11-14H,10H2,1-2H3,(H,23,26);2*1-2H3. The summed E-state index contributed by atoms with van der Waals surface area (Å²) in [6.45, 7) is 12.1. The van der Waals surface area contributed by atoms with E-state index in [4.69, 9.17) is 4.42 Å². The number of pyridine rings is 1. The van der Waals surface area contributed by atoms with Gasteiger partial charge >= 0.3 is 0 Å². The number of carbonyl (C=O) groups is 1. The molecule has 34 heavy (non-hydrogen) atoms. The third-order valence-electron chi connectivity index (χ3n) is 4.65. The predicted molar refractivity (Wildman–Crippen MR) is 132 cm³/mol. The molecule has 1 N–H and O–H groups in total. The highest BCUT2D eigenvalue weighted by atomic mass is 32.2. The van der Waals surface area contributed by atoms with E-state index in [9.17, 15) is 13.2 Å². The maximum absolute atomic E-state index is 12.8. The highest BCUT2D eigenvalue weighted by Crippen LogP contribution is 2.22. The van der Waals surface area contributed by atoms with Gasteiger partial charge in [0.2, 0.25) is 9.84 Å². The Morgan fingerprint density at radius 3 is 2.29 bits per heavy atom. The summed E-state index contributed by atoms with van der Waals surface area (Å²) >= 11 is 0. The molecule has 0 spiro atoms. The van der Waals surface area contributed by atoms with Gasteiger partial charge in [0.1, 0.15) is 4.90 Å². The van der Waals surface area contributed by atoms with Crippen molar-refractivity contribution in [3.05, 3.63) is 72.5 Å². The van der Waals surface area contributed by atoms with E-state index in [0.717, 1.165) is 10.9 Å². The van der Waals surface area contributed by atoms with Crippen LogP contribution < -0.4 is 5.32 Å². The molecule has 0 aliphatic heterocycles. The average Bonchev–Trinajstić information content (AvgIpc) is 3.54. The monoisotopic (exact) mass is 484 g/mol. The van der Waals surface area contributed by atoms with Crippen molar-refractivity contribution in [3.8, 4) is 0 Å². The van der Waals surface area contributed by atoms with Gasteiger partial charge in [-0.15, -0.1) is 0 Å². The Labute approximate surface area is 200 Å². The van der Waals surface area contributed by atoms with Gasteiger partial charge in [-0.25, -0.2) is 8.42 Å². The molecule has 9 heteroatoms. The molecule has 0 atom stereocenters. The maximum Gasteiger partial charge on any atom is 0.287 e. The van der Waals surface area contributed by atoms with Crippen LogP contribution in [0.3, 0.4) is 0 Å². The smallest absolute Gasteiger partial charge is 0.287 e. The fraction of sp³-hybridized carbons (Fsp3) is 0.320. The SMILES string of the molecule is CC.CC.CC(C)n1cc(S(=O)(=O)c2ccc(CNC(=O)c3cc4ccncc4o3)cc2)cn1. The minimum atomic E-state index is -3.65. The Kier molecular flexibility index (Phi) is 9.56. The van der Waals surface area contributed by atoms with E-state index in [0.29, 0.717) is 5.58 Å². The number of aromatic nitrogens is 3. The van der Waals surface area contributed by atoms with E-state index < -0.39 is 9.84 Å². The molecular formula is C25H32N4O4S. The van der Waals surface area contributed by atoms with Gasteiger partial charge in [0.15, 0.2) is 11.3 Å². The summed E-state index contributed by atoms with van der Waals surface area (Å²) < 4.78 is 32.6. The van der Waals surface area contributed by atoms with Crippen molar-refractivity contribution < 1.29 is 17.6 Å². The number of amides is 1. The number of benzene rings is 1. The van der Waals surface area contributed by atoms with Crippen LogP contribution in [0.5, 0.6) is 0 Å². The predicted octanol–water partition coefficient (Wildman–Crippen LogP) is 5.42. The molecule has 3 heterocycles. The van der Waals surface area contributed by atoms with Crippen LogP contribution in [0.15, 0.2) is 75.4 Å². The fourth-order valence-electron chi connectivity index (χ4n) is 2.93. The number of fused-ring (bicyclic) bond motifs is 1. The van der Waals surface area contributed by atoms with Crippen molar-refractivity contribution in [1.29, 1.82) is 0 Å². The van der Waals surface area contributed by atoms with Crippen LogP contribution in [0.25, 0.3) is 11.0 Å². The lowest BCUT2D eigenvalue weighted by atomic mass is 10.2. The summed E-state index contributed by atoms with van der Waals surface area (Å²) in [5.74, 6) is -0.164. The normalized spacial score (nSPS) is 10.8. The van der Waals surface area contributed by atoms with Crippen molar-refractivity contribution in [2.45, 2.75) is 63.9 Å². The lowest BCUT2D eigenvalue weighted by molar-refractivity contribution is 0.0925. The Bertz CT molecular complexity index is 1270. The minimum absolute atomic E-state index is 0.0722. The van der Waals surface area contributed by atoms with Gasteiger partial charge in [-0.05, 0) is 43.7 Å². The highest BCUT2D eigenvalue weighted by Gasteiger charge is 2.20. The Hall–Kier alpha value is -3.46. The number of furan rings is 1. The molecule has 4 aromatic rings. The van der Waals surface area contributed by atoms with E-state index in [1.165, 1.54) is 24.5 Å². The second kappa shape index (κ2) is 12.1. The molecule has 0 aliphatic rings. The third kappa shape index (κ3) is 6.11. The molecule has 8 nitrogen and oxygen atoms in total. The summed E-state index contributed by atoms with van der Waals surface area (Å²) in [5.41, 5.74) is 1.30. The van der Waals surface area contributed by atoms with E-state index >= 15 is 0 Å². The molecule has 182 valence electrons. The first-order valence-corrected chi connectivity index (χ1v) is 12.8. The number of carbonyl (C=O) groups excluding carboxylic acids is 1. The van der Waals surface area contributed by atoms with Crippen molar-refractivity contribution in [1.82, 2.24) is 20.1 Å². The summed E-state index contributed by atoms with van der Waals surface area (Å²) in [6, 6.07) is 9.87. The highest BCUT2D eigenvalue weighted by molar-refractivity contribution is 7.91. The van der Waals surface area contributed by atoms with Gasteiger partial charge in [0.05, 0.1) is 17.3 Å². The number of hydrogen-bond donors (Lipinski definition) is 1. The topological polar surface area (TPSA) is 107 Å². The van der Waals surface area contributed by atoms with Gasteiger partial charge in [-0.1, -0.05) is 39.8 Å². The first kappa shape index (κ1) is 26.8. The molecule has 1 amide bonds. The van der Waals surface area contributed by atoms with Crippen LogP contribution in [-0.4, -0.2) is 29.1 Å². The van der Waals surface area contributed by atoms with Gasteiger partial charge in [0, 0.05) is 30.4 Å². The van der Waals surface area contributed by atoms with E-state index in [-0.39, 0.29) is 34.0 Å². The number of sulfone groups is 1. The average molecular weight is 485 g/mol. The number of nitrogens with zero attached hydrogens (tertiary/aromatic N) is 3. The quantitative estimate of drug-likeness (QED) is 0.391. The zero-order valence-corrected chi connectivity index (χ0v) is 21.3. The second-order valence-corrected chi connectivity index (χ2v) is 9.05. The molecule has 0 bridgehead atoms. The fourth-order valence-corrected chi connectivity index (χ4v) is 4.13. The molecular weight excluding hydrogens is 452 g/mol. The van der Waals surface area contributed by atoms with Crippen molar-refractivity contribution in [2.75, 3.05) is 0 Å². The van der Waals surface area contributed by atoms with Crippen molar-refractivity contribution in [3.63, 3.8) is 0 Å². The maximum atomic E-state index is 12.8. The summed E-state index contributed by atoms with van der Waals surface area (Å²) in [5, 5.41) is 7.66. The third-order valence-corrected chi connectivity index (χ3v) is 6.37. The van der Waals surface area contributed by atoms with Crippen LogP contribution in [0, 0.1) is 0 Å². The lowest BCUT2D eigenvalue weighted by Gasteiger charge is -2.06. The number of nitrogens with one attached hydrogen (secondary N) is 1. The minimum Gasteiger partial charge on any atom is -0.449 e. The van der Waals surface area contributed by atoms with Gasteiger partial charge in [-0.2, -0.15) is 5.10 Å². The summed E-state index contributed by atoms with van der Waals surface area (Å²) in [4.78, 5) is 16.6. The van der Waals surface area contributed by atoms with E-state index in [1.807, 2.05) is 41.5 Å². The lowest BCUT2D eigenvalue weighted by Crippen LogP contribution is -2.22. The molecule has 1 aromatic carbocycles. The van der Waals surface area contributed by atoms with Gasteiger partial charge in [0.25, 0.3) is 5.91 Å². The van der Waals surface area contributed by atoms with E-state index in [2.05, 4.69) is 15.4 Å². The summed E-state index contributed by atoms with van der Waals surface area (Å²) in [7, 11) is -3.65. The molecule has 0 aliphatic carbocycles. The van der Waals surface area contributed by atoms with Gasteiger partial charge in [-0.3, -0.25) is 14.5 Å². The number of rotatable bonds is 6. The Morgan fingerprint density at radius 2 is 1.71 bits per heavy atom.